The van der Waals surface area contributed by atoms with E-state index in [2.05, 4.69) is 33.8 Å². The van der Waals surface area contributed by atoms with E-state index in [1.165, 1.54) is 11.8 Å². The van der Waals surface area contributed by atoms with Crippen molar-refractivity contribution in [3.63, 3.8) is 0 Å². The Morgan fingerprint density at radius 1 is 1.13 bits per heavy atom. The number of carbonyl (C=O) groups is 2. The van der Waals surface area contributed by atoms with Gasteiger partial charge in [0.2, 0.25) is 0 Å². The lowest BCUT2D eigenvalue weighted by molar-refractivity contribution is -0.392. The van der Waals surface area contributed by atoms with E-state index in [1.807, 2.05) is 13.8 Å². The Balaban J connectivity index is 1.27. The van der Waals surface area contributed by atoms with Gasteiger partial charge < -0.3 is 19.3 Å². The number of ether oxygens (including phenoxy) is 3. The van der Waals surface area contributed by atoms with Crippen molar-refractivity contribution in [2.24, 2.45) is 40.4 Å². The normalized spacial score (nSPS) is 50.6. The molecule has 6 rings (SSSR count). The first-order valence-corrected chi connectivity index (χ1v) is 16.2. The number of thioether (sulfide) groups is 1. The molecule has 7 heteroatoms. The molecule has 5 fully saturated rings. The van der Waals surface area contributed by atoms with Gasteiger partial charge in [-0.2, -0.15) is 0 Å². The summed E-state index contributed by atoms with van der Waals surface area (Å²) in [5, 5.41) is 11.5. The van der Waals surface area contributed by atoms with Crippen molar-refractivity contribution in [3.8, 4) is 0 Å². The van der Waals surface area contributed by atoms with Crippen LogP contribution in [-0.2, 0) is 23.8 Å². The molecule has 2 aliphatic heterocycles. The number of fused-ring (bicyclic) bond motifs is 7. The molecule has 2 bridgehead atoms. The summed E-state index contributed by atoms with van der Waals surface area (Å²) in [4.78, 5) is 24.7. The van der Waals surface area contributed by atoms with Crippen molar-refractivity contribution in [2.75, 3.05) is 6.26 Å². The molecule has 2 unspecified atom stereocenters. The monoisotopic (exact) mass is 558 g/mol. The van der Waals surface area contributed by atoms with Crippen LogP contribution in [0.4, 0.5) is 0 Å². The van der Waals surface area contributed by atoms with Gasteiger partial charge in [-0.15, -0.1) is 0 Å². The molecule has 0 aromatic heterocycles. The first kappa shape index (κ1) is 28.1. The minimum atomic E-state index is -1.33. The predicted molar refractivity (Wildman–Crippen MR) is 151 cm³/mol. The van der Waals surface area contributed by atoms with E-state index in [0.717, 1.165) is 37.7 Å². The highest BCUT2D eigenvalue weighted by Crippen LogP contribution is 2.68. The molecule has 0 amide bonds. The minimum Gasteiger partial charge on any atom is -0.392 e. The van der Waals surface area contributed by atoms with Crippen LogP contribution in [0.25, 0.3) is 0 Å². The molecule has 0 aromatic carbocycles. The molecule has 3 saturated carbocycles. The fourth-order valence-corrected chi connectivity index (χ4v) is 10.3. The van der Waals surface area contributed by atoms with Gasteiger partial charge in [-0.25, -0.2) is 0 Å². The van der Waals surface area contributed by atoms with Gasteiger partial charge in [0, 0.05) is 11.8 Å². The lowest BCUT2D eigenvalue weighted by Crippen LogP contribution is -2.56. The summed E-state index contributed by atoms with van der Waals surface area (Å²) in [5.41, 5.74) is -0.0293. The molecule has 11 atom stereocenters. The third kappa shape index (κ3) is 4.04. The van der Waals surface area contributed by atoms with Crippen molar-refractivity contribution in [3.05, 3.63) is 23.8 Å². The standard InChI is InChI=1S/C32H46O6S/c1-18(25-16-31(6)28(2,3)37-32(36-25,38-31)17-26(35)39-7)21-8-9-22-27-23(11-13-30(21,22)5)29(4)12-10-20(33)14-19(29)15-24(27)34/h10,12,14,18,21-25,27,34H,8-9,11,13,15-17H2,1-7H3/t18-,21+,22-,23-,24+,25?,27-,29-,30+,31+,32?/m0/s1. The number of aliphatic hydroxyl groups excluding tert-OH is 1. The number of carbonyl (C=O) groups excluding carboxylic acids is 2. The second-order valence-electron chi connectivity index (χ2n) is 14.6. The SMILES string of the molecule is CSC(=O)CC12OC([C@@H](C)[C@H]3CC[C@H]4[C@@H]5[C@H](O)CC6=CC(=O)C=C[C@]6(C)[C@H]5CC[C@]34C)C[C@@](C)(O1)C(C)(C)O2. The Morgan fingerprint density at radius 3 is 2.59 bits per heavy atom. The van der Waals surface area contributed by atoms with Gasteiger partial charge in [0.1, 0.15) is 5.60 Å². The van der Waals surface area contributed by atoms with Gasteiger partial charge in [-0.05, 0) is 106 Å². The number of hydrogen-bond acceptors (Lipinski definition) is 7. The molecule has 0 radical (unpaired) electrons. The summed E-state index contributed by atoms with van der Waals surface area (Å²) in [6.45, 7) is 13.3. The summed E-state index contributed by atoms with van der Waals surface area (Å²) >= 11 is 1.19. The van der Waals surface area contributed by atoms with E-state index in [4.69, 9.17) is 14.2 Å². The van der Waals surface area contributed by atoms with Crippen molar-refractivity contribution >= 4 is 22.7 Å². The molecule has 4 aliphatic carbocycles. The summed E-state index contributed by atoms with van der Waals surface area (Å²) < 4.78 is 19.5. The zero-order chi connectivity index (χ0) is 28.2. The molecular weight excluding hydrogens is 512 g/mol. The molecule has 216 valence electrons. The first-order valence-electron chi connectivity index (χ1n) is 14.9. The first-order chi connectivity index (χ1) is 18.2. The highest BCUT2D eigenvalue weighted by Gasteiger charge is 2.68. The topological polar surface area (TPSA) is 82.1 Å². The van der Waals surface area contributed by atoms with Crippen LogP contribution in [0, 0.1) is 40.4 Å². The maximum Gasteiger partial charge on any atom is 0.292 e. The van der Waals surface area contributed by atoms with E-state index in [9.17, 15) is 14.7 Å². The van der Waals surface area contributed by atoms with Crippen LogP contribution >= 0.6 is 11.8 Å². The molecule has 6 aliphatic rings. The molecule has 0 aromatic rings. The lowest BCUT2D eigenvalue weighted by Gasteiger charge is -2.59. The second kappa shape index (κ2) is 9.00. The number of allylic oxidation sites excluding steroid dienone is 3. The molecule has 39 heavy (non-hydrogen) atoms. The van der Waals surface area contributed by atoms with Crippen LogP contribution in [0.2, 0.25) is 0 Å². The summed E-state index contributed by atoms with van der Waals surface area (Å²) in [6, 6.07) is 0. The third-order valence-electron chi connectivity index (χ3n) is 12.4. The molecule has 6 nitrogen and oxygen atoms in total. The Morgan fingerprint density at radius 2 is 1.87 bits per heavy atom. The Hall–Kier alpha value is -0.990. The largest absolute Gasteiger partial charge is 0.392 e. The Bertz CT molecular complexity index is 1130. The van der Waals surface area contributed by atoms with Crippen LogP contribution < -0.4 is 0 Å². The Labute approximate surface area is 237 Å². The number of ketones is 1. The quantitative estimate of drug-likeness (QED) is 0.465. The fourth-order valence-electron chi connectivity index (χ4n) is 9.97. The van der Waals surface area contributed by atoms with E-state index in [0.29, 0.717) is 24.2 Å². The van der Waals surface area contributed by atoms with Crippen molar-refractivity contribution in [1.29, 1.82) is 0 Å². The summed E-state index contributed by atoms with van der Waals surface area (Å²) in [6.07, 6.45) is 12.8. The highest BCUT2D eigenvalue weighted by atomic mass is 32.2. The predicted octanol–water partition coefficient (Wildman–Crippen LogP) is 5.82. The average molecular weight is 559 g/mol. The number of rotatable bonds is 4. The van der Waals surface area contributed by atoms with Gasteiger partial charge >= 0.3 is 0 Å². The number of aliphatic hydroxyl groups is 1. The Kier molecular flexibility index (Phi) is 6.50. The van der Waals surface area contributed by atoms with Gasteiger partial charge in [0.15, 0.2) is 10.9 Å². The van der Waals surface area contributed by atoms with Crippen molar-refractivity contribution in [2.45, 2.75) is 116 Å². The minimum absolute atomic E-state index is 0.00114. The van der Waals surface area contributed by atoms with Crippen molar-refractivity contribution < 1.29 is 28.9 Å². The van der Waals surface area contributed by atoms with E-state index < -0.39 is 23.3 Å². The maximum absolute atomic E-state index is 12.5. The fraction of sp³-hybridized carbons (Fsp3) is 0.812. The summed E-state index contributed by atoms with van der Waals surface area (Å²) in [7, 11) is 0. The van der Waals surface area contributed by atoms with Crippen LogP contribution in [0.15, 0.2) is 23.8 Å². The third-order valence-corrected chi connectivity index (χ3v) is 13.0. The number of hydrogen-bond donors (Lipinski definition) is 1. The van der Waals surface area contributed by atoms with E-state index in [1.54, 1.807) is 18.4 Å². The molecule has 2 saturated heterocycles. The van der Waals surface area contributed by atoms with Crippen molar-refractivity contribution in [1.82, 2.24) is 0 Å². The molecule has 0 spiro atoms. The summed E-state index contributed by atoms with van der Waals surface area (Å²) in [5.74, 6) is 0.465. The average Bonchev–Trinajstić information content (AvgIpc) is 3.26. The van der Waals surface area contributed by atoms with E-state index >= 15 is 0 Å². The van der Waals surface area contributed by atoms with Gasteiger partial charge in [0.05, 0.1) is 24.2 Å². The maximum atomic E-state index is 12.5. The smallest absolute Gasteiger partial charge is 0.292 e. The van der Waals surface area contributed by atoms with Gasteiger partial charge in [-0.1, -0.05) is 44.2 Å². The highest BCUT2D eigenvalue weighted by molar-refractivity contribution is 8.13. The molecule has 2 heterocycles. The second-order valence-corrected chi connectivity index (χ2v) is 15.4. The van der Waals surface area contributed by atoms with Gasteiger partial charge in [-0.3, -0.25) is 9.59 Å². The van der Waals surface area contributed by atoms with E-state index in [-0.39, 0.29) is 46.1 Å². The molecular formula is C32H46O6S. The zero-order valence-corrected chi connectivity index (χ0v) is 25.4. The lowest BCUT2D eigenvalue weighted by atomic mass is 9.46. The van der Waals surface area contributed by atoms with Crippen LogP contribution in [-0.4, -0.2) is 51.6 Å². The van der Waals surface area contributed by atoms with Crippen LogP contribution in [0.3, 0.4) is 0 Å². The van der Waals surface area contributed by atoms with Crippen LogP contribution in [0.1, 0.15) is 86.5 Å². The van der Waals surface area contributed by atoms with Crippen LogP contribution in [0.5, 0.6) is 0 Å². The molecule has 1 N–H and O–H groups in total. The van der Waals surface area contributed by atoms with Gasteiger partial charge in [0.25, 0.3) is 5.97 Å². The zero-order valence-electron chi connectivity index (χ0n) is 24.6.